The van der Waals surface area contributed by atoms with Crippen LogP contribution in [0.15, 0.2) is 47.4 Å². The van der Waals surface area contributed by atoms with Gasteiger partial charge in [-0.05, 0) is 43.7 Å². The predicted octanol–water partition coefficient (Wildman–Crippen LogP) is 4.02. The van der Waals surface area contributed by atoms with Gasteiger partial charge in [0.15, 0.2) is 6.10 Å². The van der Waals surface area contributed by atoms with Gasteiger partial charge in [0.05, 0.1) is 17.4 Å². The SMILES string of the molecule is Cc1ccc(Cl)cc1NC(=O)[C@H](C)OC(=O)C[C@@H]1Sc2ccccc2NC1=O. The zero-order chi connectivity index (χ0) is 20.3. The minimum absolute atomic E-state index is 0.126. The Morgan fingerprint density at radius 3 is 2.82 bits per heavy atom. The van der Waals surface area contributed by atoms with E-state index in [1.807, 2.05) is 25.1 Å². The molecule has 0 spiro atoms. The van der Waals surface area contributed by atoms with Gasteiger partial charge in [-0.15, -0.1) is 11.8 Å². The molecule has 2 amide bonds. The van der Waals surface area contributed by atoms with Gasteiger partial charge in [-0.2, -0.15) is 0 Å². The van der Waals surface area contributed by atoms with Crippen LogP contribution in [-0.2, 0) is 19.1 Å². The van der Waals surface area contributed by atoms with Crippen molar-refractivity contribution in [1.82, 2.24) is 0 Å². The summed E-state index contributed by atoms with van der Waals surface area (Å²) in [7, 11) is 0. The highest BCUT2D eigenvalue weighted by Crippen LogP contribution is 2.36. The number of hydrogen-bond donors (Lipinski definition) is 2. The summed E-state index contributed by atoms with van der Waals surface area (Å²) in [6.07, 6.45) is -1.13. The van der Waals surface area contributed by atoms with Crippen molar-refractivity contribution in [3.63, 3.8) is 0 Å². The molecule has 2 aromatic carbocycles. The van der Waals surface area contributed by atoms with Crippen LogP contribution in [0.5, 0.6) is 0 Å². The molecule has 0 aromatic heterocycles. The van der Waals surface area contributed by atoms with Gasteiger partial charge in [0.2, 0.25) is 5.91 Å². The van der Waals surface area contributed by atoms with Gasteiger partial charge in [-0.1, -0.05) is 29.8 Å². The van der Waals surface area contributed by atoms with E-state index in [0.29, 0.717) is 10.7 Å². The maximum Gasteiger partial charge on any atom is 0.308 e. The lowest BCUT2D eigenvalue weighted by atomic mass is 10.2. The number of aryl methyl sites for hydroxylation is 1. The van der Waals surface area contributed by atoms with Gasteiger partial charge in [0.1, 0.15) is 0 Å². The third-order valence-electron chi connectivity index (χ3n) is 4.19. The highest BCUT2D eigenvalue weighted by molar-refractivity contribution is 8.01. The molecule has 1 heterocycles. The summed E-state index contributed by atoms with van der Waals surface area (Å²) >= 11 is 7.25. The van der Waals surface area contributed by atoms with E-state index in [4.69, 9.17) is 16.3 Å². The molecule has 146 valence electrons. The molecule has 1 aliphatic rings. The number of benzene rings is 2. The molecular formula is C20H19ClN2O4S. The van der Waals surface area contributed by atoms with Crippen LogP contribution in [0.2, 0.25) is 5.02 Å². The molecule has 0 saturated carbocycles. The first kappa shape index (κ1) is 20.2. The molecule has 2 aromatic rings. The quantitative estimate of drug-likeness (QED) is 0.716. The number of rotatable bonds is 5. The molecule has 2 atom stereocenters. The summed E-state index contributed by atoms with van der Waals surface area (Å²) in [5.41, 5.74) is 2.12. The Morgan fingerprint density at radius 1 is 1.29 bits per heavy atom. The number of ether oxygens (including phenoxy) is 1. The number of nitrogens with one attached hydrogen (secondary N) is 2. The average molecular weight is 419 g/mol. The molecule has 3 rings (SSSR count). The van der Waals surface area contributed by atoms with Gasteiger partial charge in [-0.3, -0.25) is 14.4 Å². The number of thioether (sulfide) groups is 1. The average Bonchev–Trinajstić information content (AvgIpc) is 2.65. The standard InChI is InChI=1S/C20H19ClN2O4S/c1-11-7-8-13(21)9-15(11)23-19(25)12(2)27-18(24)10-17-20(26)22-14-5-3-4-6-16(14)28-17/h3-9,12,17H,10H2,1-2H3,(H,22,26)(H,23,25)/t12-,17-/m0/s1. The van der Waals surface area contributed by atoms with E-state index in [2.05, 4.69) is 10.6 Å². The molecule has 0 fully saturated rings. The number of hydrogen-bond acceptors (Lipinski definition) is 5. The monoisotopic (exact) mass is 418 g/mol. The molecule has 2 N–H and O–H groups in total. The fraction of sp³-hybridized carbons (Fsp3) is 0.250. The lowest BCUT2D eigenvalue weighted by Crippen LogP contribution is -2.34. The molecule has 8 heteroatoms. The summed E-state index contributed by atoms with van der Waals surface area (Å²) < 4.78 is 5.22. The lowest BCUT2D eigenvalue weighted by Gasteiger charge is -2.23. The Morgan fingerprint density at radius 2 is 2.04 bits per heavy atom. The Hall–Kier alpha value is -2.51. The molecule has 6 nitrogen and oxygen atoms in total. The number of para-hydroxylation sites is 1. The van der Waals surface area contributed by atoms with Crippen LogP contribution in [-0.4, -0.2) is 29.1 Å². The summed E-state index contributed by atoms with van der Waals surface area (Å²) in [6, 6.07) is 12.5. The third-order valence-corrected chi connectivity index (χ3v) is 5.70. The van der Waals surface area contributed by atoms with Crippen LogP contribution in [0.1, 0.15) is 18.9 Å². The first-order chi connectivity index (χ1) is 13.3. The predicted molar refractivity (Wildman–Crippen MR) is 110 cm³/mol. The summed E-state index contributed by atoms with van der Waals surface area (Å²) in [6.45, 7) is 3.32. The van der Waals surface area contributed by atoms with Gasteiger partial charge < -0.3 is 15.4 Å². The van der Waals surface area contributed by atoms with Gasteiger partial charge >= 0.3 is 5.97 Å². The number of anilines is 2. The molecule has 1 aliphatic heterocycles. The van der Waals surface area contributed by atoms with Crippen molar-refractivity contribution in [1.29, 1.82) is 0 Å². The summed E-state index contributed by atoms with van der Waals surface area (Å²) in [5, 5.41) is 5.36. The topological polar surface area (TPSA) is 84.5 Å². The minimum Gasteiger partial charge on any atom is -0.452 e. The molecule has 0 radical (unpaired) electrons. The summed E-state index contributed by atoms with van der Waals surface area (Å²) in [5.74, 6) is -1.34. The smallest absolute Gasteiger partial charge is 0.308 e. The van der Waals surface area contributed by atoms with Crippen LogP contribution >= 0.6 is 23.4 Å². The van der Waals surface area contributed by atoms with Crippen LogP contribution in [0.3, 0.4) is 0 Å². The second-order valence-corrected chi connectivity index (χ2v) is 8.06. The highest BCUT2D eigenvalue weighted by atomic mass is 35.5. The Bertz CT molecular complexity index is 934. The Balaban J connectivity index is 1.56. The van der Waals surface area contributed by atoms with E-state index in [-0.39, 0.29) is 12.3 Å². The van der Waals surface area contributed by atoms with Crippen molar-refractivity contribution in [3.05, 3.63) is 53.1 Å². The van der Waals surface area contributed by atoms with Crippen molar-refractivity contribution in [2.24, 2.45) is 0 Å². The second-order valence-electron chi connectivity index (χ2n) is 6.38. The van der Waals surface area contributed by atoms with E-state index >= 15 is 0 Å². The lowest BCUT2D eigenvalue weighted by molar-refractivity contribution is -0.153. The first-order valence-corrected chi connectivity index (χ1v) is 9.92. The maximum absolute atomic E-state index is 12.3. The third kappa shape index (κ3) is 4.85. The van der Waals surface area contributed by atoms with Crippen LogP contribution in [0, 0.1) is 6.92 Å². The van der Waals surface area contributed by atoms with E-state index in [9.17, 15) is 14.4 Å². The molecular weight excluding hydrogens is 400 g/mol. The number of carbonyl (C=O) groups excluding carboxylic acids is 3. The molecule has 0 aliphatic carbocycles. The van der Waals surface area contributed by atoms with Gasteiger partial charge in [-0.25, -0.2) is 0 Å². The molecule has 0 saturated heterocycles. The number of fused-ring (bicyclic) bond motifs is 1. The van der Waals surface area contributed by atoms with Crippen molar-refractivity contribution < 1.29 is 19.1 Å². The van der Waals surface area contributed by atoms with E-state index in [1.54, 1.807) is 24.3 Å². The number of carbonyl (C=O) groups is 3. The van der Waals surface area contributed by atoms with Crippen LogP contribution in [0.4, 0.5) is 11.4 Å². The Labute approximate surface area is 172 Å². The van der Waals surface area contributed by atoms with Crippen LogP contribution in [0.25, 0.3) is 0 Å². The Kier molecular flexibility index (Phi) is 6.26. The number of esters is 1. The number of amides is 2. The fourth-order valence-electron chi connectivity index (χ4n) is 2.64. The highest BCUT2D eigenvalue weighted by Gasteiger charge is 2.30. The number of halogens is 1. The van der Waals surface area contributed by atoms with E-state index in [1.165, 1.54) is 18.7 Å². The molecule has 28 heavy (non-hydrogen) atoms. The zero-order valence-corrected chi connectivity index (χ0v) is 16.9. The normalized spacial score (nSPS) is 16.5. The first-order valence-electron chi connectivity index (χ1n) is 8.66. The molecule has 0 unspecified atom stereocenters. The fourth-order valence-corrected chi connectivity index (χ4v) is 3.91. The largest absolute Gasteiger partial charge is 0.452 e. The van der Waals surface area contributed by atoms with Crippen molar-refractivity contribution >= 4 is 52.5 Å². The van der Waals surface area contributed by atoms with Crippen LogP contribution < -0.4 is 10.6 Å². The van der Waals surface area contributed by atoms with E-state index < -0.39 is 23.2 Å². The van der Waals surface area contributed by atoms with Crippen molar-refractivity contribution in [2.75, 3.05) is 10.6 Å². The molecule has 0 bridgehead atoms. The van der Waals surface area contributed by atoms with Gasteiger partial charge in [0.25, 0.3) is 5.91 Å². The minimum atomic E-state index is -1.00. The van der Waals surface area contributed by atoms with Crippen molar-refractivity contribution in [2.45, 2.75) is 36.5 Å². The maximum atomic E-state index is 12.3. The van der Waals surface area contributed by atoms with E-state index in [0.717, 1.165) is 16.1 Å². The second kappa shape index (κ2) is 8.67. The van der Waals surface area contributed by atoms with Gasteiger partial charge in [0, 0.05) is 15.6 Å². The summed E-state index contributed by atoms with van der Waals surface area (Å²) in [4.78, 5) is 37.6. The van der Waals surface area contributed by atoms with Crippen molar-refractivity contribution in [3.8, 4) is 0 Å². The zero-order valence-electron chi connectivity index (χ0n) is 15.3.